The van der Waals surface area contributed by atoms with Gasteiger partial charge in [-0.05, 0) is 36.4 Å². The number of rotatable bonds is 8. The molecule has 2 nitrogen and oxygen atoms in total. The van der Waals surface area contributed by atoms with E-state index in [1.807, 2.05) is 24.3 Å². The van der Waals surface area contributed by atoms with Crippen LogP contribution in [0.3, 0.4) is 0 Å². The van der Waals surface area contributed by atoms with Crippen LogP contribution in [0.2, 0.25) is 5.02 Å². The predicted molar refractivity (Wildman–Crippen MR) is 90.5 cm³/mol. The van der Waals surface area contributed by atoms with Gasteiger partial charge in [0.1, 0.15) is 0 Å². The summed E-state index contributed by atoms with van der Waals surface area (Å²) in [5, 5.41) is 10.2. The molecular formula is C18H27ClN2. The minimum absolute atomic E-state index is 0.125. The summed E-state index contributed by atoms with van der Waals surface area (Å²) < 4.78 is 0. The number of nitriles is 1. The Morgan fingerprint density at radius 2 is 1.67 bits per heavy atom. The summed E-state index contributed by atoms with van der Waals surface area (Å²) in [6, 6.07) is 10.1. The molecule has 1 rings (SSSR count). The highest BCUT2D eigenvalue weighted by Crippen LogP contribution is 2.26. The second-order valence-corrected chi connectivity index (χ2v) is 6.95. The topological polar surface area (TPSA) is 27.0 Å². The molecule has 0 aliphatic rings. The first-order valence-electron chi connectivity index (χ1n) is 7.80. The van der Waals surface area contributed by atoms with Gasteiger partial charge in [-0.25, -0.2) is 0 Å². The van der Waals surface area contributed by atoms with Gasteiger partial charge in [-0.1, -0.05) is 57.5 Å². The SMILES string of the molecule is CC(C)CN(CCC(C#N)c1ccccc1Cl)CC(C)C. The Morgan fingerprint density at radius 3 is 2.14 bits per heavy atom. The van der Waals surface area contributed by atoms with Crippen LogP contribution in [-0.4, -0.2) is 24.5 Å². The Labute approximate surface area is 134 Å². The standard InChI is InChI=1S/C18H27ClN2/c1-14(2)12-21(13-15(3)4)10-9-16(11-20)17-7-5-6-8-18(17)19/h5-8,14-16H,9-10,12-13H2,1-4H3. The molecule has 3 heteroatoms. The molecule has 0 aromatic heterocycles. The third-order valence-electron chi connectivity index (χ3n) is 3.42. The fraction of sp³-hybridized carbons (Fsp3) is 0.611. The highest BCUT2D eigenvalue weighted by Gasteiger charge is 2.16. The van der Waals surface area contributed by atoms with E-state index in [9.17, 15) is 5.26 Å². The van der Waals surface area contributed by atoms with Crippen LogP contribution in [0, 0.1) is 23.2 Å². The number of nitrogens with zero attached hydrogens (tertiary/aromatic N) is 2. The van der Waals surface area contributed by atoms with Crippen LogP contribution in [0.15, 0.2) is 24.3 Å². The molecule has 0 aliphatic carbocycles. The van der Waals surface area contributed by atoms with Crippen molar-refractivity contribution >= 4 is 11.6 Å². The summed E-state index contributed by atoms with van der Waals surface area (Å²) in [5.41, 5.74) is 0.954. The van der Waals surface area contributed by atoms with Gasteiger partial charge in [0.2, 0.25) is 0 Å². The monoisotopic (exact) mass is 306 g/mol. The third kappa shape index (κ3) is 6.50. The highest BCUT2D eigenvalue weighted by molar-refractivity contribution is 6.31. The lowest BCUT2D eigenvalue weighted by molar-refractivity contribution is 0.215. The molecule has 0 saturated carbocycles. The Balaban J connectivity index is 2.68. The van der Waals surface area contributed by atoms with Crippen molar-refractivity contribution in [1.29, 1.82) is 5.26 Å². The molecule has 1 atom stereocenters. The van der Waals surface area contributed by atoms with E-state index in [0.29, 0.717) is 16.9 Å². The molecule has 0 fully saturated rings. The summed E-state index contributed by atoms with van der Waals surface area (Å²) in [6.45, 7) is 12.1. The van der Waals surface area contributed by atoms with Crippen LogP contribution in [-0.2, 0) is 0 Å². The molecule has 21 heavy (non-hydrogen) atoms. The summed E-state index contributed by atoms with van der Waals surface area (Å²) in [6.07, 6.45) is 0.833. The van der Waals surface area contributed by atoms with Crippen molar-refractivity contribution in [2.24, 2.45) is 11.8 Å². The van der Waals surface area contributed by atoms with Crippen molar-refractivity contribution in [3.05, 3.63) is 34.9 Å². The normalized spacial score (nSPS) is 12.9. The lowest BCUT2D eigenvalue weighted by Crippen LogP contribution is -2.33. The number of hydrogen-bond donors (Lipinski definition) is 0. The lowest BCUT2D eigenvalue weighted by atomic mass is 9.96. The van der Waals surface area contributed by atoms with Crippen LogP contribution in [0.25, 0.3) is 0 Å². The fourth-order valence-electron chi connectivity index (χ4n) is 2.65. The van der Waals surface area contributed by atoms with Gasteiger partial charge in [-0.2, -0.15) is 5.26 Å². The van der Waals surface area contributed by atoms with Gasteiger partial charge in [0.05, 0.1) is 12.0 Å². The zero-order chi connectivity index (χ0) is 15.8. The number of benzene rings is 1. The first-order chi connectivity index (χ1) is 9.93. The first kappa shape index (κ1) is 18.0. The van der Waals surface area contributed by atoms with Crippen molar-refractivity contribution in [2.45, 2.75) is 40.0 Å². The first-order valence-corrected chi connectivity index (χ1v) is 8.18. The molecule has 0 radical (unpaired) electrons. The van der Waals surface area contributed by atoms with Crippen LogP contribution in [0.4, 0.5) is 0 Å². The van der Waals surface area contributed by atoms with Gasteiger partial charge >= 0.3 is 0 Å². The van der Waals surface area contributed by atoms with Gasteiger partial charge < -0.3 is 4.90 Å². The van der Waals surface area contributed by atoms with Crippen molar-refractivity contribution < 1.29 is 0 Å². The van der Waals surface area contributed by atoms with Crippen LogP contribution in [0.5, 0.6) is 0 Å². The van der Waals surface area contributed by atoms with Crippen molar-refractivity contribution in [3.63, 3.8) is 0 Å². The average molecular weight is 307 g/mol. The lowest BCUT2D eigenvalue weighted by Gasteiger charge is -2.27. The third-order valence-corrected chi connectivity index (χ3v) is 3.76. The smallest absolute Gasteiger partial charge is 0.0739 e. The van der Waals surface area contributed by atoms with E-state index in [1.54, 1.807) is 0 Å². The van der Waals surface area contributed by atoms with E-state index >= 15 is 0 Å². The number of hydrogen-bond acceptors (Lipinski definition) is 2. The van der Waals surface area contributed by atoms with Crippen molar-refractivity contribution in [3.8, 4) is 6.07 Å². The quantitative estimate of drug-likeness (QED) is 0.679. The second kappa shape index (κ2) is 9.07. The molecule has 116 valence electrons. The summed E-state index contributed by atoms with van der Waals surface area (Å²) in [7, 11) is 0. The second-order valence-electron chi connectivity index (χ2n) is 6.54. The number of halogens is 1. The average Bonchev–Trinajstić information content (AvgIpc) is 2.39. The van der Waals surface area contributed by atoms with Crippen LogP contribution in [0.1, 0.15) is 45.6 Å². The molecule has 1 aromatic rings. The molecule has 1 unspecified atom stereocenters. The fourth-order valence-corrected chi connectivity index (χ4v) is 2.92. The van der Waals surface area contributed by atoms with Crippen molar-refractivity contribution in [2.75, 3.05) is 19.6 Å². The predicted octanol–water partition coefficient (Wildman–Crippen LogP) is 4.95. The molecule has 0 saturated heterocycles. The van der Waals surface area contributed by atoms with E-state index < -0.39 is 0 Å². The zero-order valence-corrected chi connectivity index (χ0v) is 14.4. The van der Waals surface area contributed by atoms with E-state index in [0.717, 1.165) is 31.6 Å². The highest BCUT2D eigenvalue weighted by atomic mass is 35.5. The Bertz CT molecular complexity index is 453. The van der Waals surface area contributed by atoms with Gasteiger partial charge in [0, 0.05) is 18.1 Å². The summed E-state index contributed by atoms with van der Waals surface area (Å²) in [5.74, 6) is 1.16. The molecule has 1 aromatic carbocycles. The van der Waals surface area contributed by atoms with E-state index in [4.69, 9.17) is 11.6 Å². The Hall–Kier alpha value is -1.04. The minimum Gasteiger partial charge on any atom is -0.303 e. The molecule has 0 spiro atoms. The van der Waals surface area contributed by atoms with E-state index in [2.05, 4.69) is 38.7 Å². The maximum atomic E-state index is 9.45. The summed E-state index contributed by atoms with van der Waals surface area (Å²) >= 11 is 6.22. The van der Waals surface area contributed by atoms with Crippen LogP contribution < -0.4 is 0 Å². The van der Waals surface area contributed by atoms with E-state index in [1.165, 1.54) is 0 Å². The van der Waals surface area contributed by atoms with Gasteiger partial charge in [0.25, 0.3) is 0 Å². The van der Waals surface area contributed by atoms with Crippen LogP contribution >= 0.6 is 11.6 Å². The van der Waals surface area contributed by atoms with Crippen molar-refractivity contribution in [1.82, 2.24) is 4.90 Å². The summed E-state index contributed by atoms with van der Waals surface area (Å²) in [4.78, 5) is 2.47. The molecule has 0 heterocycles. The maximum Gasteiger partial charge on any atom is 0.0739 e. The minimum atomic E-state index is -0.125. The molecule has 0 amide bonds. The zero-order valence-electron chi connectivity index (χ0n) is 13.6. The van der Waals surface area contributed by atoms with Gasteiger partial charge in [-0.3, -0.25) is 0 Å². The Morgan fingerprint density at radius 1 is 1.10 bits per heavy atom. The van der Waals surface area contributed by atoms with Gasteiger partial charge in [-0.15, -0.1) is 0 Å². The molecular weight excluding hydrogens is 280 g/mol. The molecule has 0 aliphatic heterocycles. The van der Waals surface area contributed by atoms with E-state index in [-0.39, 0.29) is 5.92 Å². The molecule has 0 N–H and O–H groups in total. The Kier molecular flexibility index (Phi) is 7.78. The van der Waals surface area contributed by atoms with Gasteiger partial charge in [0.15, 0.2) is 0 Å². The largest absolute Gasteiger partial charge is 0.303 e. The molecule has 0 bridgehead atoms. The maximum absolute atomic E-state index is 9.45.